The molecule has 2 aromatic heterocycles. The van der Waals surface area contributed by atoms with Gasteiger partial charge in [-0.15, -0.1) is 0 Å². The third kappa shape index (κ3) is 2.95. The van der Waals surface area contributed by atoms with Crippen molar-refractivity contribution < 1.29 is 4.74 Å². The van der Waals surface area contributed by atoms with Crippen molar-refractivity contribution in [2.75, 3.05) is 12.3 Å². The van der Waals surface area contributed by atoms with Crippen LogP contribution in [0.25, 0.3) is 11.0 Å². The van der Waals surface area contributed by atoms with Crippen LogP contribution in [0.15, 0.2) is 12.4 Å². The molecule has 26 heavy (non-hydrogen) atoms. The molecule has 3 rings (SSSR count). The van der Waals surface area contributed by atoms with Crippen molar-refractivity contribution in [3.63, 3.8) is 0 Å². The van der Waals surface area contributed by atoms with E-state index in [2.05, 4.69) is 43.7 Å². The maximum Gasteiger partial charge on any atom is 0.164 e. The van der Waals surface area contributed by atoms with Gasteiger partial charge in [0.25, 0.3) is 0 Å². The molecule has 2 heterocycles. The largest absolute Gasteiger partial charge is 0.492 e. The highest BCUT2D eigenvalue weighted by Crippen LogP contribution is 2.39. The molecule has 7 nitrogen and oxygen atoms in total. The van der Waals surface area contributed by atoms with E-state index in [-0.39, 0.29) is 6.04 Å². The first kappa shape index (κ1) is 18.7. The zero-order valence-corrected chi connectivity index (χ0v) is 17.3. The van der Waals surface area contributed by atoms with Crippen LogP contribution in [0.2, 0.25) is 5.02 Å². The minimum Gasteiger partial charge on any atom is -0.492 e. The molecule has 0 amide bonds. The van der Waals surface area contributed by atoms with E-state index in [0.717, 1.165) is 16.6 Å². The van der Waals surface area contributed by atoms with Gasteiger partial charge in [-0.3, -0.25) is 0 Å². The number of nitrogen functional groups attached to an aromatic ring is 1. The van der Waals surface area contributed by atoms with Crippen LogP contribution in [-0.4, -0.2) is 26.4 Å². The van der Waals surface area contributed by atoms with Crippen molar-refractivity contribution in [2.24, 2.45) is 0 Å². The molecule has 0 radical (unpaired) electrons. The lowest BCUT2D eigenvalue weighted by molar-refractivity contribution is 0.329. The Morgan fingerprint density at radius 2 is 2.19 bits per heavy atom. The predicted molar refractivity (Wildman–Crippen MR) is 108 cm³/mol. The minimum absolute atomic E-state index is 0.235. The third-order valence-electron chi connectivity index (χ3n) is 4.11. The molecule has 2 N–H and O–H groups in total. The highest BCUT2D eigenvalue weighted by atomic mass is 127. The second-order valence-corrected chi connectivity index (χ2v) is 7.16. The Hall–Kier alpha value is -2.12. The lowest BCUT2D eigenvalue weighted by Crippen LogP contribution is -2.13. The number of benzene rings is 1. The van der Waals surface area contributed by atoms with E-state index in [1.54, 1.807) is 10.7 Å². The Kier molecular flexibility index (Phi) is 5.20. The molecule has 9 heteroatoms. The Balaban J connectivity index is 2.25. The molecule has 3 aromatic rings. The van der Waals surface area contributed by atoms with Crippen molar-refractivity contribution >= 4 is 51.0 Å². The molecule has 0 aliphatic heterocycles. The number of anilines is 1. The quantitative estimate of drug-likeness (QED) is 0.567. The van der Waals surface area contributed by atoms with E-state index in [4.69, 9.17) is 22.1 Å². The summed E-state index contributed by atoms with van der Waals surface area (Å²) in [5.41, 5.74) is 8.60. The smallest absolute Gasteiger partial charge is 0.164 e. The Bertz CT molecular complexity index is 1040. The third-order valence-corrected chi connectivity index (χ3v) is 5.44. The lowest BCUT2D eigenvalue weighted by Gasteiger charge is -2.20. The first-order valence-electron chi connectivity index (χ1n) is 7.90. The number of nitrogens with two attached hydrogens (primary N) is 1. The summed E-state index contributed by atoms with van der Waals surface area (Å²) in [5, 5.41) is 15.1. The van der Waals surface area contributed by atoms with Gasteiger partial charge in [0.15, 0.2) is 5.65 Å². The number of aromatic nitrogens is 4. The molecule has 0 spiro atoms. The highest BCUT2D eigenvalue weighted by Gasteiger charge is 2.24. The summed E-state index contributed by atoms with van der Waals surface area (Å²) >= 11 is 8.42. The maximum atomic E-state index is 9.37. The molecule has 0 aliphatic rings. The van der Waals surface area contributed by atoms with Crippen LogP contribution < -0.4 is 10.5 Å². The van der Waals surface area contributed by atoms with Gasteiger partial charge in [0.05, 0.1) is 37.9 Å². The fraction of sp³-hybridized carbons (Fsp3) is 0.294. The summed E-state index contributed by atoms with van der Waals surface area (Å²) in [7, 11) is 0. The standard InChI is InChI=1S/C17H16ClIN6O/c1-4-26-15-10(5-12(18)11(6-20)14(15)19)9(3)25-17-13(8(2)24-25)16(21)22-7-23-17/h5,7,9H,4H2,1-3H3,(H2,21,22,23). The van der Waals surface area contributed by atoms with Gasteiger partial charge in [0, 0.05) is 5.56 Å². The van der Waals surface area contributed by atoms with Gasteiger partial charge in [0.2, 0.25) is 0 Å². The molecule has 1 unspecified atom stereocenters. The number of aryl methyl sites for hydroxylation is 1. The van der Waals surface area contributed by atoms with E-state index in [0.29, 0.717) is 38.0 Å². The number of nitrogens with zero attached hydrogens (tertiary/aromatic N) is 5. The lowest BCUT2D eigenvalue weighted by atomic mass is 10.0. The summed E-state index contributed by atoms with van der Waals surface area (Å²) in [5.74, 6) is 1.02. The predicted octanol–water partition coefficient (Wildman–Crippen LogP) is 3.85. The molecular weight excluding hydrogens is 467 g/mol. The zero-order chi connectivity index (χ0) is 19.0. The fourth-order valence-electron chi connectivity index (χ4n) is 2.89. The van der Waals surface area contributed by atoms with E-state index in [9.17, 15) is 5.26 Å². The van der Waals surface area contributed by atoms with E-state index in [1.807, 2.05) is 20.8 Å². The minimum atomic E-state index is -0.235. The van der Waals surface area contributed by atoms with Crippen LogP contribution in [0, 0.1) is 21.8 Å². The number of halogens is 2. The van der Waals surface area contributed by atoms with Gasteiger partial charge in [-0.1, -0.05) is 11.6 Å². The van der Waals surface area contributed by atoms with Crippen molar-refractivity contribution in [2.45, 2.75) is 26.8 Å². The number of hydrogen-bond donors (Lipinski definition) is 1. The van der Waals surface area contributed by atoms with Crippen LogP contribution in [0.4, 0.5) is 5.82 Å². The monoisotopic (exact) mass is 482 g/mol. The van der Waals surface area contributed by atoms with Crippen LogP contribution in [0.3, 0.4) is 0 Å². The van der Waals surface area contributed by atoms with Gasteiger partial charge < -0.3 is 10.5 Å². The summed E-state index contributed by atoms with van der Waals surface area (Å²) < 4.78 is 8.30. The van der Waals surface area contributed by atoms with Crippen molar-refractivity contribution in [3.05, 3.63) is 37.8 Å². The number of ether oxygens (including phenoxy) is 1. The van der Waals surface area contributed by atoms with E-state index in [1.165, 1.54) is 6.33 Å². The van der Waals surface area contributed by atoms with Crippen molar-refractivity contribution in [1.29, 1.82) is 5.26 Å². The molecule has 0 fully saturated rings. The number of fused-ring (bicyclic) bond motifs is 1. The first-order valence-corrected chi connectivity index (χ1v) is 9.36. The molecule has 0 saturated carbocycles. The van der Waals surface area contributed by atoms with Crippen molar-refractivity contribution in [1.82, 2.24) is 19.7 Å². The average Bonchev–Trinajstić information content (AvgIpc) is 2.95. The van der Waals surface area contributed by atoms with E-state index >= 15 is 0 Å². The highest BCUT2D eigenvalue weighted by molar-refractivity contribution is 14.1. The van der Waals surface area contributed by atoms with Crippen LogP contribution in [0.1, 0.15) is 36.7 Å². The topological polar surface area (TPSA) is 103 Å². The summed E-state index contributed by atoms with van der Waals surface area (Å²) in [6.45, 7) is 6.20. The Labute approximate surface area is 169 Å². The second-order valence-electron chi connectivity index (χ2n) is 5.67. The molecule has 1 aromatic carbocycles. The first-order chi connectivity index (χ1) is 12.4. The van der Waals surface area contributed by atoms with Gasteiger partial charge in [-0.2, -0.15) is 10.4 Å². The number of rotatable bonds is 4. The van der Waals surface area contributed by atoms with Crippen molar-refractivity contribution in [3.8, 4) is 11.8 Å². The molecule has 0 aliphatic carbocycles. The van der Waals surface area contributed by atoms with Gasteiger partial charge in [-0.25, -0.2) is 14.6 Å². The molecule has 1 atom stereocenters. The second kappa shape index (κ2) is 7.25. The maximum absolute atomic E-state index is 9.37. The normalized spacial score (nSPS) is 12.2. The average molecular weight is 483 g/mol. The Morgan fingerprint density at radius 1 is 1.46 bits per heavy atom. The molecule has 134 valence electrons. The SMILES string of the molecule is CCOc1c(C(C)n2nc(C)c3c(N)ncnc32)cc(Cl)c(C#N)c1I. The summed E-state index contributed by atoms with van der Waals surface area (Å²) in [6.07, 6.45) is 1.42. The van der Waals surface area contributed by atoms with Gasteiger partial charge in [0.1, 0.15) is 24.0 Å². The molecule has 0 saturated heterocycles. The molecular formula is C17H16ClIN6O. The number of nitriles is 1. The summed E-state index contributed by atoms with van der Waals surface area (Å²) in [4.78, 5) is 8.39. The number of hydrogen-bond acceptors (Lipinski definition) is 6. The van der Waals surface area contributed by atoms with Gasteiger partial charge >= 0.3 is 0 Å². The fourth-order valence-corrected chi connectivity index (χ4v) is 4.19. The van der Waals surface area contributed by atoms with E-state index < -0.39 is 0 Å². The summed E-state index contributed by atoms with van der Waals surface area (Å²) in [6, 6.07) is 3.65. The Morgan fingerprint density at radius 3 is 2.85 bits per heavy atom. The zero-order valence-electron chi connectivity index (χ0n) is 14.4. The van der Waals surface area contributed by atoms with Gasteiger partial charge in [-0.05, 0) is 49.4 Å². The molecule has 0 bridgehead atoms. The van der Waals surface area contributed by atoms with Crippen LogP contribution in [0.5, 0.6) is 5.75 Å². The van der Waals surface area contributed by atoms with Crippen LogP contribution >= 0.6 is 34.2 Å². The van der Waals surface area contributed by atoms with Crippen LogP contribution in [-0.2, 0) is 0 Å².